The zero-order valence-corrected chi connectivity index (χ0v) is 17.1. The largest absolute Gasteiger partial charge is 0.310 e. The van der Waals surface area contributed by atoms with Gasteiger partial charge in [0.2, 0.25) is 5.91 Å². The molecule has 4 heterocycles. The van der Waals surface area contributed by atoms with Crippen molar-refractivity contribution >= 4 is 23.1 Å². The van der Waals surface area contributed by atoms with Gasteiger partial charge in [0.1, 0.15) is 5.82 Å². The Morgan fingerprint density at radius 3 is 2.72 bits per heavy atom. The Morgan fingerprint density at radius 1 is 1.21 bits per heavy atom. The second-order valence-corrected chi connectivity index (χ2v) is 8.09. The van der Waals surface area contributed by atoms with Crippen LogP contribution in [0.25, 0.3) is 11.4 Å². The molecule has 8 heteroatoms. The SMILES string of the molecule is Cc1ccc(NC(=O)C2CCN(Cn3c(-c4ccccn4)csc3=O)CC2)nc1. The fourth-order valence-electron chi connectivity index (χ4n) is 3.49. The summed E-state index contributed by atoms with van der Waals surface area (Å²) in [6.45, 7) is 4.02. The minimum Gasteiger partial charge on any atom is -0.310 e. The number of hydrogen-bond acceptors (Lipinski definition) is 6. The maximum absolute atomic E-state index is 12.5. The molecule has 1 saturated heterocycles. The number of rotatable bonds is 5. The number of likely N-dealkylation sites (tertiary alicyclic amines) is 1. The van der Waals surface area contributed by atoms with Crippen LogP contribution in [0.5, 0.6) is 0 Å². The summed E-state index contributed by atoms with van der Waals surface area (Å²) in [5, 5.41) is 4.77. The van der Waals surface area contributed by atoms with Gasteiger partial charge in [-0.3, -0.25) is 24.0 Å². The Balaban J connectivity index is 1.36. The minimum atomic E-state index is -0.0381. The zero-order chi connectivity index (χ0) is 20.2. The van der Waals surface area contributed by atoms with Crippen LogP contribution in [0.4, 0.5) is 5.82 Å². The van der Waals surface area contributed by atoms with Crippen molar-refractivity contribution in [1.29, 1.82) is 0 Å². The average Bonchev–Trinajstić information content (AvgIpc) is 3.11. The standard InChI is InChI=1S/C21H23N5O2S/c1-15-5-6-19(23-12-15)24-20(27)16-7-10-25(11-8-16)14-26-18(13-29-21(26)28)17-4-2-3-9-22-17/h2-6,9,12-13,16H,7-8,10-11,14H2,1H3,(H,23,24,27). The van der Waals surface area contributed by atoms with Crippen LogP contribution in [-0.4, -0.2) is 38.4 Å². The van der Waals surface area contributed by atoms with E-state index in [1.807, 2.05) is 42.6 Å². The van der Waals surface area contributed by atoms with Crippen molar-refractivity contribution in [3.63, 3.8) is 0 Å². The third-order valence-electron chi connectivity index (χ3n) is 5.17. The third kappa shape index (κ3) is 4.60. The predicted molar refractivity (Wildman–Crippen MR) is 114 cm³/mol. The van der Waals surface area contributed by atoms with E-state index in [4.69, 9.17) is 0 Å². The number of amides is 1. The molecule has 1 aliphatic heterocycles. The Morgan fingerprint density at radius 2 is 2.03 bits per heavy atom. The molecule has 0 saturated carbocycles. The van der Waals surface area contributed by atoms with E-state index in [9.17, 15) is 9.59 Å². The molecule has 1 amide bonds. The number of aromatic nitrogens is 3. The van der Waals surface area contributed by atoms with Crippen LogP contribution in [-0.2, 0) is 11.5 Å². The van der Waals surface area contributed by atoms with E-state index in [1.54, 1.807) is 17.0 Å². The fourth-order valence-corrected chi connectivity index (χ4v) is 4.23. The molecule has 1 aliphatic rings. The van der Waals surface area contributed by atoms with Gasteiger partial charge in [-0.25, -0.2) is 4.98 Å². The Bertz CT molecular complexity index is 1020. The predicted octanol–water partition coefficient (Wildman–Crippen LogP) is 2.98. The van der Waals surface area contributed by atoms with Gasteiger partial charge in [-0.15, -0.1) is 0 Å². The van der Waals surface area contributed by atoms with E-state index in [1.165, 1.54) is 11.3 Å². The van der Waals surface area contributed by atoms with Crippen molar-refractivity contribution in [2.24, 2.45) is 5.92 Å². The molecule has 0 radical (unpaired) electrons. The fraction of sp³-hybridized carbons (Fsp3) is 0.333. The second kappa shape index (κ2) is 8.67. The lowest BCUT2D eigenvalue weighted by molar-refractivity contribution is -0.121. The van der Waals surface area contributed by atoms with Crippen LogP contribution < -0.4 is 10.2 Å². The van der Waals surface area contributed by atoms with Crippen LogP contribution in [0.3, 0.4) is 0 Å². The summed E-state index contributed by atoms with van der Waals surface area (Å²) >= 11 is 1.19. The van der Waals surface area contributed by atoms with Gasteiger partial charge in [-0.2, -0.15) is 0 Å². The summed E-state index contributed by atoms with van der Waals surface area (Å²) in [7, 11) is 0. The third-order valence-corrected chi connectivity index (χ3v) is 5.94. The van der Waals surface area contributed by atoms with Gasteiger partial charge in [0.25, 0.3) is 0 Å². The number of piperidine rings is 1. The van der Waals surface area contributed by atoms with E-state index in [2.05, 4.69) is 20.2 Å². The van der Waals surface area contributed by atoms with Gasteiger partial charge in [-0.1, -0.05) is 23.5 Å². The maximum Gasteiger partial charge on any atom is 0.308 e. The highest BCUT2D eigenvalue weighted by Gasteiger charge is 2.26. The van der Waals surface area contributed by atoms with Crippen molar-refractivity contribution < 1.29 is 4.79 Å². The molecule has 1 N–H and O–H groups in total. The van der Waals surface area contributed by atoms with Crippen molar-refractivity contribution in [1.82, 2.24) is 19.4 Å². The monoisotopic (exact) mass is 409 g/mol. The number of anilines is 1. The summed E-state index contributed by atoms with van der Waals surface area (Å²) in [6.07, 6.45) is 5.00. The first-order valence-electron chi connectivity index (χ1n) is 9.66. The van der Waals surface area contributed by atoms with Gasteiger partial charge in [0.05, 0.1) is 18.1 Å². The van der Waals surface area contributed by atoms with Crippen LogP contribution in [0.1, 0.15) is 18.4 Å². The molecule has 3 aromatic rings. The first-order valence-corrected chi connectivity index (χ1v) is 10.5. The van der Waals surface area contributed by atoms with Gasteiger partial charge in [0.15, 0.2) is 0 Å². The number of nitrogens with one attached hydrogen (secondary N) is 1. The van der Waals surface area contributed by atoms with E-state index >= 15 is 0 Å². The first-order chi connectivity index (χ1) is 14.1. The highest BCUT2D eigenvalue weighted by molar-refractivity contribution is 7.07. The Labute approximate surface area is 173 Å². The quantitative estimate of drug-likeness (QED) is 0.701. The molecule has 7 nitrogen and oxygen atoms in total. The van der Waals surface area contributed by atoms with Crippen LogP contribution >= 0.6 is 11.3 Å². The van der Waals surface area contributed by atoms with Crippen molar-refractivity contribution in [3.8, 4) is 11.4 Å². The van der Waals surface area contributed by atoms with Crippen molar-refractivity contribution in [2.75, 3.05) is 18.4 Å². The highest BCUT2D eigenvalue weighted by atomic mass is 32.1. The van der Waals surface area contributed by atoms with Crippen LogP contribution in [0.2, 0.25) is 0 Å². The number of carbonyl (C=O) groups is 1. The molecular weight excluding hydrogens is 386 g/mol. The number of pyridine rings is 2. The molecule has 0 aliphatic carbocycles. The molecule has 1 fully saturated rings. The van der Waals surface area contributed by atoms with E-state index in [0.717, 1.165) is 42.9 Å². The summed E-state index contributed by atoms with van der Waals surface area (Å²) < 4.78 is 1.77. The van der Waals surface area contributed by atoms with Crippen LogP contribution in [0.15, 0.2) is 52.9 Å². The number of nitrogens with zero attached hydrogens (tertiary/aromatic N) is 4. The van der Waals surface area contributed by atoms with Gasteiger partial charge in [0, 0.05) is 36.8 Å². The average molecular weight is 410 g/mol. The van der Waals surface area contributed by atoms with Gasteiger partial charge < -0.3 is 5.32 Å². The summed E-state index contributed by atoms with van der Waals surface area (Å²) in [6, 6.07) is 9.45. The summed E-state index contributed by atoms with van der Waals surface area (Å²) in [4.78, 5) is 35.7. The van der Waals surface area contributed by atoms with Crippen molar-refractivity contribution in [2.45, 2.75) is 26.4 Å². The van der Waals surface area contributed by atoms with Gasteiger partial charge >= 0.3 is 4.87 Å². The molecule has 0 atom stereocenters. The number of thiazole rings is 1. The second-order valence-electron chi connectivity index (χ2n) is 7.27. The first kappa shape index (κ1) is 19.5. The minimum absolute atomic E-state index is 0.0102. The summed E-state index contributed by atoms with van der Waals surface area (Å²) in [5.41, 5.74) is 2.70. The van der Waals surface area contributed by atoms with E-state index in [-0.39, 0.29) is 16.7 Å². The molecule has 4 rings (SSSR count). The maximum atomic E-state index is 12.5. The number of carbonyl (C=O) groups excluding carboxylic acids is 1. The van der Waals surface area contributed by atoms with E-state index < -0.39 is 0 Å². The molecule has 3 aromatic heterocycles. The molecule has 0 unspecified atom stereocenters. The topological polar surface area (TPSA) is 80.1 Å². The van der Waals surface area contributed by atoms with E-state index in [0.29, 0.717) is 12.5 Å². The highest BCUT2D eigenvalue weighted by Crippen LogP contribution is 2.22. The Kier molecular flexibility index (Phi) is 5.82. The molecule has 150 valence electrons. The molecule has 29 heavy (non-hydrogen) atoms. The summed E-state index contributed by atoms with van der Waals surface area (Å²) in [5.74, 6) is 0.569. The van der Waals surface area contributed by atoms with Crippen molar-refractivity contribution in [3.05, 3.63) is 63.3 Å². The van der Waals surface area contributed by atoms with Gasteiger partial charge in [-0.05, 0) is 43.5 Å². The Hall–Kier alpha value is -2.84. The lowest BCUT2D eigenvalue weighted by Crippen LogP contribution is -2.40. The van der Waals surface area contributed by atoms with Crippen LogP contribution in [0, 0.1) is 12.8 Å². The normalized spacial score (nSPS) is 15.3. The molecule has 0 spiro atoms. The lowest BCUT2D eigenvalue weighted by atomic mass is 9.96. The molecule has 0 aromatic carbocycles. The number of hydrogen-bond donors (Lipinski definition) is 1. The molecular formula is C21H23N5O2S. The number of aryl methyl sites for hydroxylation is 1. The molecule has 0 bridgehead atoms. The zero-order valence-electron chi connectivity index (χ0n) is 16.2. The lowest BCUT2D eigenvalue weighted by Gasteiger charge is -2.31. The smallest absolute Gasteiger partial charge is 0.308 e.